The van der Waals surface area contributed by atoms with Gasteiger partial charge in [0.25, 0.3) is 9.05 Å². The van der Waals surface area contributed by atoms with Crippen LogP contribution >= 0.6 is 22.3 Å². The molecule has 0 fully saturated rings. The number of ether oxygens (including phenoxy) is 1. The summed E-state index contributed by atoms with van der Waals surface area (Å²) in [5.74, 6) is -0.321. The molecule has 0 bridgehead atoms. The van der Waals surface area contributed by atoms with Crippen LogP contribution in [0.25, 0.3) is 0 Å². The molecule has 0 heterocycles. The SMILES string of the molecule is Cc1ccc(F)cc1COc1ccc(Cl)cc1S(=O)(=O)Cl. The van der Waals surface area contributed by atoms with Gasteiger partial charge in [0.2, 0.25) is 0 Å². The van der Waals surface area contributed by atoms with Gasteiger partial charge in [-0.25, -0.2) is 12.8 Å². The van der Waals surface area contributed by atoms with Crippen molar-refractivity contribution in [3.05, 3.63) is 58.4 Å². The summed E-state index contributed by atoms with van der Waals surface area (Å²) in [4.78, 5) is -0.217. The zero-order chi connectivity index (χ0) is 15.6. The molecule has 0 spiro atoms. The van der Waals surface area contributed by atoms with Crippen molar-refractivity contribution in [2.24, 2.45) is 0 Å². The summed E-state index contributed by atoms with van der Waals surface area (Å²) in [6.07, 6.45) is 0. The molecule has 0 N–H and O–H groups in total. The number of aryl methyl sites for hydroxylation is 1. The Morgan fingerprint density at radius 1 is 1.19 bits per heavy atom. The smallest absolute Gasteiger partial charge is 0.265 e. The van der Waals surface area contributed by atoms with Crippen LogP contribution in [-0.4, -0.2) is 8.42 Å². The van der Waals surface area contributed by atoms with Crippen LogP contribution in [0.15, 0.2) is 41.3 Å². The molecule has 2 aromatic carbocycles. The van der Waals surface area contributed by atoms with E-state index in [1.807, 2.05) is 0 Å². The molecule has 0 unspecified atom stereocenters. The largest absolute Gasteiger partial charge is 0.487 e. The van der Waals surface area contributed by atoms with Crippen LogP contribution in [0.2, 0.25) is 5.02 Å². The molecular weight excluding hydrogens is 338 g/mol. The lowest BCUT2D eigenvalue weighted by Crippen LogP contribution is -2.02. The average molecular weight is 349 g/mol. The lowest BCUT2D eigenvalue weighted by Gasteiger charge is -2.11. The third-order valence-corrected chi connectivity index (χ3v) is 4.44. The first-order valence-corrected chi connectivity index (χ1v) is 8.58. The van der Waals surface area contributed by atoms with E-state index in [1.54, 1.807) is 13.0 Å². The number of hydrogen-bond donors (Lipinski definition) is 0. The predicted octanol–water partition coefficient (Wildman–Crippen LogP) is 4.29. The van der Waals surface area contributed by atoms with Gasteiger partial charge in [0, 0.05) is 15.7 Å². The highest BCUT2D eigenvalue weighted by molar-refractivity contribution is 8.13. The van der Waals surface area contributed by atoms with Crippen molar-refractivity contribution < 1.29 is 17.5 Å². The Bertz CT molecular complexity index is 776. The topological polar surface area (TPSA) is 43.4 Å². The van der Waals surface area contributed by atoms with E-state index in [9.17, 15) is 12.8 Å². The van der Waals surface area contributed by atoms with Crippen molar-refractivity contribution in [2.75, 3.05) is 0 Å². The highest BCUT2D eigenvalue weighted by Gasteiger charge is 2.18. The third-order valence-electron chi connectivity index (χ3n) is 2.86. The van der Waals surface area contributed by atoms with Crippen molar-refractivity contribution in [3.8, 4) is 5.75 Å². The molecule has 3 nitrogen and oxygen atoms in total. The molecule has 112 valence electrons. The number of benzene rings is 2. The van der Waals surface area contributed by atoms with Crippen LogP contribution in [0, 0.1) is 12.7 Å². The first kappa shape index (κ1) is 16.1. The summed E-state index contributed by atoms with van der Waals surface area (Å²) in [5, 5.41) is 0.225. The second-order valence-corrected chi connectivity index (χ2v) is 7.36. The fraction of sp³-hybridized carbons (Fsp3) is 0.143. The number of halogens is 3. The maximum atomic E-state index is 13.2. The van der Waals surface area contributed by atoms with Crippen LogP contribution in [0.3, 0.4) is 0 Å². The lowest BCUT2D eigenvalue weighted by molar-refractivity contribution is 0.297. The number of hydrogen-bond acceptors (Lipinski definition) is 3. The van der Waals surface area contributed by atoms with Gasteiger partial charge in [-0.3, -0.25) is 0 Å². The minimum Gasteiger partial charge on any atom is -0.487 e. The average Bonchev–Trinajstić information content (AvgIpc) is 2.40. The monoisotopic (exact) mass is 348 g/mol. The van der Waals surface area contributed by atoms with Gasteiger partial charge in [-0.05, 0) is 48.4 Å². The van der Waals surface area contributed by atoms with E-state index in [2.05, 4.69) is 0 Å². The van der Waals surface area contributed by atoms with E-state index in [1.165, 1.54) is 30.3 Å². The molecule has 0 aliphatic rings. The summed E-state index contributed by atoms with van der Waals surface area (Å²) in [6.45, 7) is 1.82. The minimum absolute atomic E-state index is 0.0185. The molecule has 0 aromatic heterocycles. The highest BCUT2D eigenvalue weighted by atomic mass is 35.7. The van der Waals surface area contributed by atoms with Crippen LogP contribution in [0.4, 0.5) is 4.39 Å². The Morgan fingerprint density at radius 2 is 1.90 bits per heavy atom. The normalized spacial score (nSPS) is 11.4. The summed E-state index contributed by atoms with van der Waals surface area (Å²) < 4.78 is 41.7. The molecule has 0 aliphatic heterocycles. The lowest BCUT2D eigenvalue weighted by atomic mass is 10.1. The quantitative estimate of drug-likeness (QED) is 0.774. The van der Waals surface area contributed by atoms with Crippen LogP contribution < -0.4 is 4.74 Å². The fourth-order valence-corrected chi connectivity index (χ4v) is 2.98. The zero-order valence-electron chi connectivity index (χ0n) is 10.9. The highest BCUT2D eigenvalue weighted by Crippen LogP contribution is 2.30. The molecule has 0 aliphatic carbocycles. The van der Waals surface area contributed by atoms with Crippen molar-refractivity contribution in [2.45, 2.75) is 18.4 Å². The van der Waals surface area contributed by atoms with Gasteiger partial charge >= 0.3 is 0 Å². The summed E-state index contributed by atoms with van der Waals surface area (Å²) in [5.41, 5.74) is 1.45. The van der Waals surface area contributed by atoms with Crippen molar-refractivity contribution in [3.63, 3.8) is 0 Å². The fourth-order valence-electron chi connectivity index (χ4n) is 1.74. The molecule has 2 aromatic rings. The molecule has 0 amide bonds. The second kappa shape index (κ2) is 6.22. The van der Waals surface area contributed by atoms with Gasteiger partial charge in [-0.1, -0.05) is 17.7 Å². The maximum absolute atomic E-state index is 13.2. The summed E-state index contributed by atoms with van der Waals surface area (Å²) in [6, 6.07) is 8.40. The maximum Gasteiger partial charge on any atom is 0.265 e. The van der Waals surface area contributed by atoms with Crippen LogP contribution in [-0.2, 0) is 15.7 Å². The molecule has 7 heteroatoms. The van der Waals surface area contributed by atoms with Gasteiger partial charge < -0.3 is 4.74 Å². The molecule has 0 saturated heterocycles. The Balaban J connectivity index is 2.30. The Labute approximate surface area is 131 Å². The van der Waals surface area contributed by atoms with E-state index in [4.69, 9.17) is 27.0 Å². The standard InChI is InChI=1S/C14H11Cl2FO3S/c1-9-2-4-12(17)6-10(9)8-20-13-5-3-11(15)7-14(13)21(16,18)19/h2-7H,8H2,1H3. The van der Waals surface area contributed by atoms with Crippen LogP contribution in [0.1, 0.15) is 11.1 Å². The predicted molar refractivity (Wildman–Crippen MR) is 80.0 cm³/mol. The van der Waals surface area contributed by atoms with Crippen molar-refractivity contribution in [1.82, 2.24) is 0 Å². The first-order chi connectivity index (χ1) is 9.77. The van der Waals surface area contributed by atoms with Gasteiger partial charge in [0.15, 0.2) is 0 Å². The zero-order valence-corrected chi connectivity index (χ0v) is 13.3. The van der Waals surface area contributed by atoms with Gasteiger partial charge in [0.1, 0.15) is 23.1 Å². The van der Waals surface area contributed by atoms with E-state index >= 15 is 0 Å². The van der Waals surface area contributed by atoms with E-state index in [0.29, 0.717) is 5.56 Å². The number of rotatable bonds is 4. The molecule has 0 atom stereocenters. The molecule has 0 saturated carbocycles. The van der Waals surface area contributed by atoms with Crippen molar-refractivity contribution >= 4 is 31.3 Å². The molecule has 21 heavy (non-hydrogen) atoms. The molecule has 0 radical (unpaired) electrons. The van der Waals surface area contributed by atoms with E-state index in [0.717, 1.165) is 5.56 Å². The minimum atomic E-state index is -3.99. The Kier molecular flexibility index (Phi) is 4.76. The third kappa shape index (κ3) is 4.09. The molecule has 2 rings (SSSR count). The van der Waals surface area contributed by atoms with Gasteiger partial charge in [0.05, 0.1) is 0 Å². The van der Waals surface area contributed by atoms with E-state index in [-0.39, 0.29) is 28.1 Å². The molecular formula is C14H11Cl2FO3S. The van der Waals surface area contributed by atoms with Gasteiger partial charge in [-0.15, -0.1) is 0 Å². The van der Waals surface area contributed by atoms with Crippen LogP contribution in [0.5, 0.6) is 5.75 Å². The summed E-state index contributed by atoms with van der Waals surface area (Å²) in [7, 11) is 1.36. The second-order valence-electron chi connectivity index (χ2n) is 4.39. The Morgan fingerprint density at radius 3 is 2.57 bits per heavy atom. The van der Waals surface area contributed by atoms with E-state index < -0.39 is 9.05 Å². The summed E-state index contributed by atoms with van der Waals surface area (Å²) >= 11 is 5.76. The van der Waals surface area contributed by atoms with Crippen molar-refractivity contribution in [1.29, 1.82) is 0 Å². The first-order valence-electron chi connectivity index (χ1n) is 5.89. The Hall–Kier alpha value is -1.30. The van der Waals surface area contributed by atoms with Gasteiger partial charge in [-0.2, -0.15) is 0 Å².